The fourth-order valence-electron chi connectivity index (χ4n) is 2.01. The molecule has 0 radical (unpaired) electrons. The minimum absolute atomic E-state index is 0.0918. The van der Waals surface area contributed by atoms with Crippen LogP contribution in [0.4, 0.5) is 13.2 Å². The van der Waals surface area contributed by atoms with Crippen LogP contribution in [0, 0.1) is 0 Å². The summed E-state index contributed by atoms with van der Waals surface area (Å²) in [5.74, 6) is -1.58. The highest BCUT2D eigenvalue weighted by Crippen LogP contribution is 2.36. The molecule has 96 valence electrons. The van der Waals surface area contributed by atoms with Crippen LogP contribution < -0.4 is 0 Å². The fraction of sp³-hybridized carbons (Fsp3) is 0.250. The van der Waals surface area contributed by atoms with E-state index in [4.69, 9.17) is 5.11 Å². The van der Waals surface area contributed by atoms with E-state index in [0.29, 0.717) is 12.0 Å². The van der Waals surface area contributed by atoms with Gasteiger partial charge in [-0.15, -0.1) is 0 Å². The van der Waals surface area contributed by atoms with Gasteiger partial charge in [0.25, 0.3) is 0 Å². The first-order chi connectivity index (χ1) is 8.36. The Kier molecular flexibility index (Phi) is 2.80. The third-order valence-corrected chi connectivity index (χ3v) is 2.80. The Morgan fingerprint density at radius 3 is 2.56 bits per heavy atom. The topological polar surface area (TPSA) is 53.1 Å². The first-order valence-corrected chi connectivity index (χ1v) is 5.30. The molecule has 0 aliphatic heterocycles. The summed E-state index contributed by atoms with van der Waals surface area (Å²) in [6.07, 6.45) is -4.19. The number of hydrogen-bond donors (Lipinski definition) is 2. The molecule has 2 aromatic rings. The number of para-hydroxylation sites is 1. The zero-order valence-corrected chi connectivity index (χ0v) is 9.43. The molecule has 2 N–H and O–H groups in total. The second-order valence-electron chi connectivity index (χ2n) is 3.87. The zero-order chi connectivity index (χ0) is 13.5. The highest BCUT2D eigenvalue weighted by molar-refractivity contribution is 6.05. The number of alkyl halides is 3. The van der Waals surface area contributed by atoms with Gasteiger partial charge in [0.05, 0.1) is 5.56 Å². The summed E-state index contributed by atoms with van der Waals surface area (Å²) in [5.41, 5.74) is -1.02. The van der Waals surface area contributed by atoms with Gasteiger partial charge < -0.3 is 10.1 Å². The average Bonchev–Trinajstić information content (AvgIpc) is 2.67. The van der Waals surface area contributed by atoms with E-state index in [1.54, 1.807) is 19.1 Å². The van der Waals surface area contributed by atoms with Crippen molar-refractivity contribution in [3.8, 4) is 0 Å². The number of carbonyl (C=O) groups is 1. The van der Waals surface area contributed by atoms with Crippen molar-refractivity contribution in [1.29, 1.82) is 0 Å². The second-order valence-corrected chi connectivity index (χ2v) is 3.87. The van der Waals surface area contributed by atoms with Crippen LogP contribution in [0.2, 0.25) is 0 Å². The Morgan fingerprint density at radius 2 is 2.06 bits per heavy atom. The smallest absolute Gasteiger partial charge is 0.432 e. The lowest BCUT2D eigenvalue weighted by Gasteiger charge is -2.04. The van der Waals surface area contributed by atoms with Gasteiger partial charge in [0.1, 0.15) is 5.69 Å². The van der Waals surface area contributed by atoms with Crippen LogP contribution in [-0.4, -0.2) is 16.1 Å². The van der Waals surface area contributed by atoms with Crippen molar-refractivity contribution in [1.82, 2.24) is 4.98 Å². The van der Waals surface area contributed by atoms with Crippen molar-refractivity contribution in [3.05, 3.63) is 35.0 Å². The molecule has 1 aromatic heterocycles. The van der Waals surface area contributed by atoms with Crippen LogP contribution in [0.15, 0.2) is 18.2 Å². The van der Waals surface area contributed by atoms with Crippen LogP contribution >= 0.6 is 0 Å². The maximum atomic E-state index is 12.8. The summed E-state index contributed by atoms with van der Waals surface area (Å²) in [6, 6.07) is 4.61. The standard InChI is InChI=1S/C12H10F3NO2/c1-2-6-4-3-5-7-8(11(17)18)10(12(13,14)15)16-9(6)7/h3-5,16H,2H2,1H3,(H,17,18). The Labute approximate surface area is 100 Å². The Balaban J connectivity index is 2.87. The van der Waals surface area contributed by atoms with Crippen LogP contribution in [0.1, 0.15) is 28.5 Å². The molecular weight excluding hydrogens is 247 g/mol. The molecule has 0 bridgehead atoms. The lowest BCUT2D eigenvalue weighted by Crippen LogP contribution is -2.11. The number of H-pyrrole nitrogens is 1. The Morgan fingerprint density at radius 1 is 1.39 bits per heavy atom. The lowest BCUT2D eigenvalue weighted by molar-refractivity contribution is -0.141. The number of fused-ring (bicyclic) bond motifs is 1. The maximum Gasteiger partial charge on any atom is 0.432 e. The van der Waals surface area contributed by atoms with E-state index in [2.05, 4.69) is 4.98 Å². The molecule has 0 aliphatic rings. The summed E-state index contributed by atoms with van der Waals surface area (Å²) in [5, 5.41) is 9.05. The molecule has 0 spiro atoms. The zero-order valence-electron chi connectivity index (χ0n) is 9.43. The summed E-state index contributed by atoms with van der Waals surface area (Å²) in [7, 11) is 0. The number of halogens is 3. The van der Waals surface area contributed by atoms with Gasteiger partial charge in [-0.1, -0.05) is 25.1 Å². The maximum absolute atomic E-state index is 12.8. The lowest BCUT2D eigenvalue weighted by atomic mass is 10.1. The number of carboxylic acid groups (broad SMARTS) is 1. The number of aromatic amines is 1. The van der Waals surface area contributed by atoms with Crippen LogP contribution in [0.25, 0.3) is 10.9 Å². The van der Waals surface area contributed by atoms with Crippen LogP contribution in [0.3, 0.4) is 0 Å². The van der Waals surface area contributed by atoms with Gasteiger partial charge in [0.2, 0.25) is 0 Å². The molecule has 6 heteroatoms. The number of nitrogens with one attached hydrogen (secondary N) is 1. The Bertz CT molecular complexity index is 614. The van der Waals surface area contributed by atoms with Gasteiger partial charge in [-0.3, -0.25) is 0 Å². The minimum atomic E-state index is -4.71. The van der Waals surface area contributed by atoms with Crippen molar-refractivity contribution >= 4 is 16.9 Å². The number of carboxylic acids is 1. The molecule has 0 amide bonds. The molecular formula is C12H10F3NO2. The van der Waals surface area contributed by atoms with Crippen molar-refractivity contribution in [2.75, 3.05) is 0 Å². The molecule has 0 aliphatic carbocycles. The van der Waals surface area contributed by atoms with E-state index >= 15 is 0 Å². The Hall–Kier alpha value is -1.98. The van der Waals surface area contributed by atoms with Gasteiger partial charge in [0.15, 0.2) is 0 Å². The van der Waals surface area contributed by atoms with Gasteiger partial charge in [-0.2, -0.15) is 13.2 Å². The van der Waals surface area contributed by atoms with Gasteiger partial charge in [-0.25, -0.2) is 4.79 Å². The van der Waals surface area contributed by atoms with Gasteiger partial charge >= 0.3 is 12.1 Å². The molecule has 1 aromatic carbocycles. The van der Waals surface area contributed by atoms with Crippen molar-refractivity contribution in [3.63, 3.8) is 0 Å². The number of benzene rings is 1. The van der Waals surface area contributed by atoms with Gasteiger partial charge in [-0.05, 0) is 12.0 Å². The largest absolute Gasteiger partial charge is 0.478 e. The second kappa shape index (κ2) is 4.04. The van der Waals surface area contributed by atoms with E-state index in [9.17, 15) is 18.0 Å². The summed E-state index contributed by atoms with van der Waals surface area (Å²) < 4.78 is 38.4. The summed E-state index contributed by atoms with van der Waals surface area (Å²) >= 11 is 0. The van der Waals surface area contributed by atoms with E-state index < -0.39 is 23.4 Å². The molecule has 18 heavy (non-hydrogen) atoms. The number of aryl methyl sites for hydroxylation is 1. The molecule has 2 rings (SSSR count). The molecule has 0 atom stereocenters. The predicted octanol–water partition coefficient (Wildman–Crippen LogP) is 3.45. The molecule has 0 saturated carbocycles. The first-order valence-electron chi connectivity index (χ1n) is 5.30. The number of aromatic carboxylic acids is 1. The monoisotopic (exact) mass is 257 g/mol. The van der Waals surface area contributed by atoms with E-state index in [1.165, 1.54) is 6.07 Å². The highest BCUT2D eigenvalue weighted by atomic mass is 19.4. The summed E-state index contributed by atoms with van der Waals surface area (Å²) in [6.45, 7) is 1.79. The third-order valence-electron chi connectivity index (χ3n) is 2.80. The summed E-state index contributed by atoms with van der Waals surface area (Å²) in [4.78, 5) is 13.2. The SMILES string of the molecule is CCc1cccc2c(C(=O)O)c(C(F)(F)F)[nH]c12. The van der Waals surface area contributed by atoms with E-state index in [-0.39, 0.29) is 10.9 Å². The minimum Gasteiger partial charge on any atom is -0.478 e. The normalized spacial score (nSPS) is 12.0. The van der Waals surface area contributed by atoms with E-state index in [0.717, 1.165) is 0 Å². The number of hydrogen-bond acceptors (Lipinski definition) is 1. The highest BCUT2D eigenvalue weighted by Gasteiger charge is 2.38. The average molecular weight is 257 g/mol. The van der Waals surface area contributed by atoms with Crippen LogP contribution in [0.5, 0.6) is 0 Å². The number of aromatic nitrogens is 1. The molecule has 3 nitrogen and oxygen atoms in total. The quantitative estimate of drug-likeness (QED) is 0.865. The predicted molar refractivity (Wildman–Crippen MR) is 59.6 cm³/mol. The third kappa shape index (κ3) is 1.83. The van der Waals surface area contributed by atoms with E-state index in [1.807, 2.05) is 0 Å². The fourth-order valence-corrected chi connectivity index (χ4v) is 2.01. The molecule has 1 heterocycles. The van der Waals surface area contributed by atoms with Gasteiger partial charge in [0, 0.05) is 10.9 Å². The van der Waals surface area contributed by atoms with Crippen molar-refractivity contribution < 1.29 is 23.1 Å². The van der Waals surface area contributed by atoms with Crippen LogP contribution in [-0.2, 0) is 12.6 Å². The van der Waals surface area contributed by atoms with Crippen molar-refractivity contribution in [2.24, 2.45) is 0 Å². The molecule has 0 fully saturated rings. The number of rotatable bonds is 2. The van der Waals surface area contributed by atoms with Crippen molar-refractivity contribution in [2.45, 2.75) is 19.5 Å². The first kappa shape index (κ1) is 12.5. The molecule has 0 saturated heterocycles. The molecule has 0 unspecified atom stereocenters.